The molecule has 0 aliphatic rings. The van der Waals surface area contributed by atoms with Crippen molar-refractivity contribution < 1.29 is 13.9 Å². The number of pyridine rings is 1. The summed E-state index contributed by atoms with van der Waals surface area (Å²) in [6, 6.07) is 9.58. The Balaban J connectivity index is 2.10. The number of benzene rings is 1. The summed E-state index contributed by atoms with van der Waals surface area (Å²) in [5.41, 5.74) is 0.906. The lowest BCUT2D eigenvalue weighted by Crippen LogP contribution is -2.12. The fraction of sp³-hybridized carbons (Fsp3) is 0.143. The molecule has 0 aliphatic heterocycles. The Labute approximate surface area is 110 Å². The van der Waals surface area contributed by atoms with Crippen LogP contribution in [-0.4, -0.2) is 17.5 Å². The first-order valence-corrected chi connectivity index (χ1v) is 5.85. The van der Waals surface area contributed by atoms with Crippen molar-refractivity contribution in [3.63, 3.8) is 0 Å². The van der Waals surface area contributed by atoms with Crippen LogP contribution in [0.1, 0.15) is 17.3 Å². The minimum atomic E-state index is -0.616. The number of rotatable bonds is 4. The zero-order valence-corrected chi connectivity index (χ0v) is 10.4. The maximum atomic E-state index is 12.7. The summed E-state index contributed by atoms with van der Waals surface area (Å²) >= 11 is 0. The van der Waals surface area contributed by atoms with Crippen molar-refractivity contribution >= 4 is 11.6 Å². The van der Waals surface area contributed by atoms with E-state index in [-0.39, 0.29) is 5.91 Å². The largest absolute Gasteiger partial charge is 0.494 e. The lowest BCUT2D eigenvalue weighted by atomic mass is 10.2. The van der Waals surface area contributed by atoms with Crippen molar-refractivity contribution in [2.24, 2.45) is 0 Å². The molecule has 1 N–H and O–H groups in total. The van der Waals surface area contributed by atoms with Gasteiger partial charge in [-0.3, -0.25) is 4.79 Å². The van der Waals surface area contributed by atoms with Crippen molar-refractivity contribution in [3.8, 4) is 5.75 Å². The number of nitrogens with one attached hydrogen (secondary N) is 1. The van der Waals surface area contributed by atoms with E-state index in [1.54, 1.807) is 24.3 Å². The van der Waals surface area contributed by atoms with E-state index in [9.17, 15) is 9.18 Å². The number of amides is 1. The first-order chi connectivity index (χ1) is 9.19. The highest BCUT2D eigenvalue weighted by atomic mass is 19.1. The van der Waals surface area contributed by atoms with Crippen LogP contribution in [0.2, 0.25) is 0 Å². The Morgan fingerprint density at radius 3 is 2.89 bits per heavy atom. The van der Waals surface area contributed by atoms with Crippen molar-refractivity contribution in [1.29, 1.82) is 0 Å². The quantitative estimate of drug-likeness (QED) is 0.860. The van der Waals surface area contributed by atoms with Gasteiger partial charge in [-0.1, -0.05) is 6.07 Å². The highest BCUT2D eigenvalue weighted by Gasteiger charge is 2.07. The van der Waals surface area contributed by atoms with Crippen LogP contribution in [-0.2, 0) is 0 Å². The second kappa shape index (κ2) is 5.95. The van der Waals surface area contributed by atoms with Gasteiger partial charge in [0.25, 0.3) is 5.91 Å². The summed E-state index contributed by atoms with van der Waals surface area (Å²) in [4.78, 5) is 15.3. The van der Waals surface area contributed by atoms with Crippen LogP contribution < -0.4 is 10.1 Å². The van der Waals surface area contributed by atoms with Gasteiger partial charge in [0.1, 0.15) is 5.75 Å². The van der Waals surface area contributed by atoms with Crippen LogP contribution in [0.15, 0.2) is 42.6 Å². The SMILES string of the molecule is CCOc1cccc(NC(=O)c2ccc(F)nc2)c1. The van der Waals surface area contributed by atoms with E-state index in [1.165, 1.54) is 12.3 Å². The number of halogens is 1. The van der Waals surface area contributed by atoms with Gasteiger partial charge in [-0.25, -0.2) is 4.98 Å². The summed E-state index contributed by atoms with van der Waals surface area (Å²) in [7, 11) is 0. The lowest BCUT2D eigenvalue weighted by molar-refractivity contribution is 0.102. The molecule has 0 saturated heterocycles. The fourth-order valence-corrected chi connectivity index (χ4v) is 1.54. The van der Waals surface area contributed by atoms with Gasteiger partial charge in [0.15, 0.2) is 0 Å². The molecule has 1 amide bonds. The highest BCUT2D eigenvalue weighted by molar-refractivity contribution is 6.04. The van der Waals surface area contributed by atoms with Crippen LogP contribution in [0.5, 0.6) is 5.75 Å². The Kier molecular flexibility index (Phi) is 4.07. The Hall–Kier alpha value is -2.43. The van der Waals surface area contributed by atoms with Crippen LogP contribution in [0.25, 0.3) is 0 Å². The normalized spacial score (nSPS) is 10.0. The standard InChI is InChI=1S/C14H13FN2O2/c1-2-19-12-5-3-4-11(8-12)17-14(18)10-6-7-13(15)16-9-10/h3-9H,2H2,1H3,(H,17,18). The molecule has 4 nitrogen and oxygen atoms in total. The molecule has 1 aromatic carbocycles. The number of carbonyl (C=O) groups excluding carboxylic acids is 1. The third-order valence-electron chi connectivity index (χ3n) is 2.39. The Morgan fingerprint density at radius 2 is 2.21 bits per heavy atom. The van der Waals surface area contributed by atoms with Crippen LogP contribution in [0, 0.1) is 5.95 Å². The first kappa shape index (κ1) is 13.0. The zero-order valence-electron chi connectivity index (χ0n) is 10.4. The molecule has 0 saturated carbocycles. The van der Waals surface area contributed by atoms with E-state index in [4.69, 9.17) is 4.74 Å². The number of carbonyl (C=O) groups is 1. The Bertz CT molecular complexity index is 570. The molecule has 0 fully saturated rings. The third kappa shape index (κ3) is 3.51. The summed E-state index contributed by atoms with van der Waals surface area (Å²) in [6.45, 7) is 2.44. The average molecular weight is 260 g/mol. The lowest BCUT2D eigenvalue weighted by Gasteiger charge is -2.07. The minimum Gasteiger partial charge on any atom is -0.494 e. The molecule has 0 unspecified atom stereocenters. The van der Waals surface area contributed by atoms with E-state index in [0.29, 0.717) is 23.6 Å². The molecule has 0 atom stereocenters. The predicted molar refractivity (Wildman–Crippen MR) is 69.8 cm³/mol. The van der Waals surface area contributed by atoms with Crippen LogP contribution in [0.3, 0.4) is 0 Å². The predicted octanol–water partition coefficient (Wildman–Crippen LogP) is 2.87. The fourth-order valence-electron chi connectivity index (χ4n) is 1.54. The maximum Gasteiger partial charge on any atom is 0.257 e. The smallest absolute Gasteiger partial charge is 0.257 e. The van der Waals surface area contributed by atoms with E-state index >= 15 is 0 Å². The van der Waals surface area contributed by atoms with Gasteiger partial charge in [-0.15, -0.1) is 0 Å². The van der Waals surface area contributed by atoms with Crippen molar-refractivity contribution in [1.82, 2.24) is 4.98 Å². The summed E-state index contributed by atoms with van der Waals surface area (Å²) in [6.07, 6.45) is 1.19. The Morgan fingerprint density at radius 1 is 1.37 bits per heavy atom. The number of ether oxygens (including phenoxy) is 1. The van der Waals surface area contributed by atoms with Gasteiger partial charge in [0, 0.05) is 18.0 Å². The molecular formula is C14H13FN2O2. The number of hydrogen-bond acceptors (Lipinski definition) is 3. The van der Waals surface area contributed by atoms with E-state index in [0.717, 1.165) is 6.07 Å². The van der Waals surface area contributed by atoms with E-state index in [2.05, 4.69) is 10.3 Å². The van der Waals surface area contributed by atoms with Crippen molar-refractivity contribution in [2.45, 2.75) is 6.92 Å². The molecule has 0 bridgehead atoms. The molecule has 2 rings (SSSR count). The maximum absolute atomic E-state index is 12.7. The van der Waals surface area contributed by atoms with Gasteiger partial charge in [-0.05, 0) is 31.2 Å². The number of anilines is 1. The molecule has 1 aromatic heterocycles. The van der Waals surface area contributed by atoms with Gasteiger partial charge >= 0.3 is 0 Å². The molecule has 2 aromatic rings. The summed E-state index contributed by atoms with van der Waals surface area (Å²) in [5, 5.41) is 2.70. The second-order valence-electron chi connectivity index (χ2n) is 3.78. The highest BCUT2D eigenvalue weighted by Crippen LogP contribution is 2.18. The van der Waals surface area contributed by atoms with Crippen LogP contribution in [0.4, 0.5) is 10.1 Å². The molecule has 5 heteroatoms. The molecule has 98 valence electrons. The van der Waals surface area contributed by atoms with E-state index in [1.807, 2.05) is 6.92 Å². The third-order valence-corrected chi connectivity index (χ3v) is 2.39. The number of hydrogen-bond donors (Lipinski definition) is 1. The molecular weight excluding hydrogens is 247 g/mol. The van der Waals surface area contributed by atoms with Crippen LogP contribution >= 0.6 is 0 Å². The summed E-state index contributed by atoms with van der Waals surface area (Å²) < 4.78 is 18.0. The molecule has 0 radical (unpaired) electrons. The average Bonchev–Trinajstić information content (AvgIpc) is 2.40. The van der Waals surface area contributed by atoms with Gasteiger partial charge in [0.05, 0.1) is 12.2 Å². The summed E-state index contributed by atoms with van der Waals surface area (Å²) in [5.74, 6) is -0.284. The van der Waals surface area contributed by atoms with Crippen molar-refractivity contribution in [2.75, 3.05) is 11.9 Å². The number of nitrogens with zero attached hydrogens (tertiary/aromatic N) is 1. The van der Waals surface area contributed by atoms with Gasteiger partial charge in [-0.2, -0.15) is 4.39 Å². The van der Waals surface area contributed by atoms with E-state index < -0.39 is 5.95 Å². The van der Waals surface area contributed by atoms with Gasteiger partial charge in [0.2, 0.25) is 5.95 Å². The molecule has 19 heavy (non-hydrogen) atoms. The van der Waals surface area contributed by atoms with Gasteiger partial charge < -0.3 is 10.1 Å². The second-order valence-corrected chi connectivity index (χ2v) is 3.78. The molecule has 1 heterocycles. The molecule has 0 aliphatic carbocycles. The molecule has 0 spiro atoms. The first-order valence-electron chi connectivity index (χ1n) is 5.85. The monoisotopic (exact) mass is 260 g/mol. The topological polar surface area (TPSA) is 51.2 Å². The zero-order chi connectivity index (χ0) is 13.7. The minimum absolute atomic E-state index is 0.295. The number of aromatic nitrogens is 1. The van der Waals surface area contributed by atoms with Crippen molar-refractivity contribution in [3.05, 3.63) is 54.1 Å².